The van der Waals surface area contributed by atoms with Crippen LogP contribution in [0, 0.1) is 5.82 Å². The summed E-state index contributed by atoms with van der Waals surface area (Å²) in [4.78, 5) is 0.565. The summed E-state index contributed by atoms with van der Waals surface area (Å²) >= 11 is 12.1. The van der Waals surface area contributed by atoms with Gasteiger partial charge in [0.25, 0.3) is 10.0 Å². The number of ether oxygens (including phenoxy) is 1. The quantitative estimate of drug-likeness (QED) is 0.197. The Morgan fingerprint density at radius 2 is 1.21 bits per heavy atom. The van der Waals surface area contributed by atoms with Crippen molar-refractivity contribution in [1.82, 2.24) is 4.72 Å². The maximum atomic E-state index is 13.3. The highest BCUT2D eigenvalue weighted by molar-refractivity contribution is 7.90. The van der Waals surface area contributed by atoms with E-state index in [1.807, 2.05) is 30.3 Å². The van der Waals surface area contributed by atoms with E-state index < -0.39 is 25.7 Å². The molecule has 0 heterocycles. The Bertz CT molecular complexity index is 2060. The first-order valence-electron chi connectivity index (χ1n) is 15.0. The van der Waals surface area contributed by atoms with Crippen molar-refractivity contribution in [2.24, 2.45) is 0 Å². The van der Waals surface area contributed by atoms with Gasteiger partial charge in [0.15, 0.2) is 9.84 Å². The summed E-state index contributed by atoms with van der Waals surface area (Å²) in [5, 5.41) is 0.633. The van der Waals surface area contributed by atoms with Gasteiger partial charge in [0, 0.05) is 12.0 Å². The number of rotatable bonds is 8. The minimum Gasteiger partial charge on any atom is -0.495 e. The number of benzene rings is 4. The highest BCUT2D eigenvalue weighted by atomic mass is 35.5. The number of methoxy groups -OCH3 is 1. The molecular weight excluding hydrogens is 680 g/mol. The average Bonchev–Trinajstić information content (AvgIpc) is 3.73. The predicted octanol–water partition coefficient (Wildman–Crippen LogP) is 9.20. The van der Waals surface area contributed by atoms with Crippen LogP contribution in [0.3, 0.4) is 0 Å². The van der Waals surface area contributed by atoms with E-state index in [9.17, 15) is 21.2 Å². The van der Waals surface area contributed by atoms with Crippen LogP contribution >= 0.6 is 23.2 Å². The monoisotopic (exact) mass is 713 g/mol. The van der Waals surface area contributed by atoms with Gasteiger partial charge in [-0.2, -0.15) is 0 Å². The summed E-state index contributed by atoms with van der Waals surface area (Å²) in [5.74, 6) is 0.179. The molecule has 0 atom stereocenters. The summed E-state index contributed by atoms with van der Waals surface area (Å²) in [7, 11) is -5.19. The van der Waals surface area contributed by atoms with E-state index in [2.05, 4.69) is 4.72 Å². The van der Waals surface area contributed by atoms with E-state index in [1.165, 1.54) is 29.5 Å². The van der Waals surface area contributed by atoms with Crippen molar-refractivity contribution in [2.75, 3.05) is 13.4 Å². The predicted molar refractivity (Wildman–Crippen MR) is 187 cm³/mol. The fourth-order valence-corrected chi connectivity index (χ4v) is 8.07. The average molecular weight is 715 g/mol. The van der Waals surface area contributed by atoms with Crippen molar-refractivity contribution in [1.29, 1.82) is 0 Å². The van der Waals surface area contributed by atoms with E-state index in [4.69, 9.17) is 27.9 Å². The van der Waals surface area contributed by atoms with Crippen LogP contribution in [-0.4, -0.2) is 30.2 Å². The van der Waals surface area contributed by atoms with Crippen LogP contribution in [0.25, 0.3) is 16.7 Å². The van der Waals surface area contributed by atoms with Crippen molar-refractivity contribution in [3.05, 3.63) is 129 Å². The third-order valence-electron chi connectivity index (χ3n) is 8.15. The number of sulfone groups is 1. The third kappa shape index (κ3) is 8.27. The standard InChI is InChI=1S/C19H19ClO3S.C17H15ClFNO2S/c1-23-19-11-8-14(12-18(19)20)17-5-3-4-16(17)13-6-9-15(10-7-13)24(2,21)22;18-15-11-12(9-10-16(15)19)14-7-4-8-17(14)20-23(21,22)13-5-2-1-3-6-13/h6-12H,3-5H2,1-2H3;1-3,5-6,9-11,20H,4,7-8H2. The summed E-state index contributed by atoms with van der Waals surface area (Å²) in [6.45, 7) is 0. The third-order valence-corrected chi connectivity index (χ3v) is 11.3. The van der Waals surface area contributed by atoms with Crippen LogP contribution in [-0.2, 0) is 19.9 Å². The molecule has 0 unspecified atom stereocenters. The summed E-state index contributed by atoms with van der Waals surface area (Å²) in [6.07, 6.45) is 6.49. The molecule has 0 saturated heterocycles. The van der Waals surface area contributed by atoms with Gasteiger partial charge >= 0.3 is 0 Å². The van der Waals surface area contributed by atoms with Crippen LogP contribution in [0.5, 0.6) is 5.75 Å². The molecule has 6 rings (SSSR count). The SMILES string of the molecule is COc1ccc(C2=C(c3ccc(S(C)(=O)=O)cc3)CCC2)cc1Cl.O=S(=O)(NC1=C(c2ccc(F)c(Cl)c2)CCC1)c1ccccc1. The Labute approximate surface area is 285 Å². The highest BCUT2D eigenvalue weighted by Gasteiger charge is 2.23. The molecule has 2 aliphatic rings. The second-order valence-corrected chi connectivity index (χ2v) is 15.8. The largest absolute Gasteiger partial charge is 0.495 e. The Kier molecular flexibility index (Phi) is 10.8. The van der Waals surface area contributed by atoms with Gasteiger partial charge in [-0.3, -0.25) is 4.72 Å². The Hall–Kier alpha value is -3.63. The molecule has 1 N–H and O–H groups in total. The van der Waals surface area contributed by atoms with Crippen LogP contribution < -0.4 is 9.46 Å². The minimum absolute atomic E-state index is 0.0344. The maximum Gasteiger partial charge on any atom is 0.261 e. The fraction of sp³-hybridized carbons (Fsp3) is 0.222. The fourth-order valence-electron chi connectivity index (χ4n) is 5.82. The van der Waals surface area contributed by atoms with E-state index in [1.54, 1.807) is 55.6 Å². The van der Waals surface area contributed by atoms with Crippen LogP contribution in [0.2, 0.25) is 10.0 Å². The number of sulfonamides is 1. The molecule has 11 heteroatoms. The van der Waals surface area contributed by atoms with Gasteiger partial charge in [-0.25, -0.2) is 21.2 Å². The van der Waals surface area contributed by atoms with Gasteiger partial charge in [-0.05, 0) is 120 Å². The smallest absolute Gasteiger partial charge is 0.261 e. The molecule has 246 valence electrons. The maximum absolute atomic E-state index is 13.3. The first kappa shape index (κ1) is 34.7. The zero-order chi connectivity index (χ0) is 33.8. The first-order valence-corrected chi connectivity index (χ1v) is 19.1. The van der Waals surface area contributed by atoms with E-state index in [-0.39, 0.29) is 9.92 Å². The zero-order valence-corrected chi connectivity index (χ0v) is 29.0. The molecule has 0 aromatic heterocycles. The van der Waals surface area contributed by atoms with Crippen molar-refractivity contribution in [2.45, 2.75) is 48.3 Å². The highest BCUT2D eigenvalue weighted by Crippen LogP contribution is 2.41. The molecule has 0 aliphatic heterocycles. The van der Waals surface area contributed by atoms with Gasteiger partial charge in [0.1, 0.15) is 11.6 Å². The lowest BCUT2D eigenvalue weighted by atomic mass is 9.97. The molecule has 0 fully saturated rings. The molecule has 0 spiro atoms. The second-order valence-electron chi connectivity index (χ2n) is 11.3. The molecule has 6 nitrogen and oxygen atoms in total. The van der Waals surface area contributed by atoms with Crippen LogP contribution in [0.4, 0.5) is 4.39 Å². The second kappa shape index (κ2) is 14.6. The molecule has 2 aliphatic carbocycles. The Morgan fingerprint density at radius 3 is 1.83 bits per heavy atom. The van der Waals surface area contributed by atoms with Gasteiger partial charge in [0.2, 0.25) is 0 Å². The number of hydrogen-bond donors (Lipinski definition) is 1. The number of nitrogens with one attached hydrogen (secondary N) is 1. The number of halogens is 3. The molecular formula is C36H34Cl2FNO5S2. The molecule has 4 aromatic carbocycles. The first-order chi connectivity index (χ1) is 22.4. The number of allylic oxidation sites excluding steroid dienone is 4. The van der Waals surface area contributed by atoms with Gasteiger partial charge in [0.05, 0.1) is 26.9 Å². The van der Waals surface area contributed by atoms with E-state index >= 15 is 0 Å². The Balaban J connectivity index is 0.000000185. The Morgan fingerprint density at radius 1 is 0.660 bits per heavy atom. The molecule has 0 radical (unpaired) electrons. The number of hydrogen-bond acceptors (Lipinski definition) is 5. The molecule has 47 heavy (non-hydrogen) atoms. The molecule has 0 bridgehead atoms. The van der Waals surface area contributed by atoms with Crippen LogP contribution in [0.15, 0.2) is 106 Å². The van der Waals surface area contributed by atoms with Gasteiger partial charge in [-0.1, -0.05) is 65.7 Å². The molecule has 0 amide bonds. The minimum atomic E-state index is -3.62. The lowest BCUT2D eigenvalue weighted by molar-refractivity contribution is 0.415. The van der Waals surface area contributed by atoms with Crippen molar-refractivity contribution < 1.29 is 26.0 Å². The molecule has 0 saturated carbocycles. The van der Waals surface area contributed by atoms with Crippen molar-refractivity contribution in [3.63, 3.8) is 0 Å². The molecule has 4 aromatic rings. The van der Waals surface area contributed by atoms with Gasteiger partial charge < -0.3 is 4.74 Å². The van der Waals surface area contributed by atoms with Crippen molar-refractivity contribution >= 4 is 59.8 Å². The summed E-state index contributed by atoms with van der Waals surface area (Å²) < 4.78 is 69.3. The lowest BCUT2D eigenvalue weighted by Crippen LogP contribution is -2.23. The van der Waals surface area contributed by atoms with Gasteiger partial charge in [-0.15, -0.1) is 0 Å². The van der Waals surface area contributed by atoms with E-state index in [0.717, 1.165) is 54.4 Å². The normalized spacial score (nSPS) is 15.0. The zero-order valence-electron chi connectivity index (χ0n) is 25.9. The summed E-state index contributed by atoms with van der Waals surface area (Å²) in [6, 6.07) is 25.7. The van der Waals surface area contributed by atoms with Crippen molar-refractivity contribution in [3.8, 4) is 5.75 Å². The lowest BCUT2D eigenvalue weighted by Gasteiger charge is -2.12. The topological polar surface area (TPSA) is 89.5 Å². The summed E-state index contributed by atoms with van der Waals surface area (Å²) in [5.41, 5.74) is 6.97. The van der Waals surface area contributed by atoms with E-state index in [0.29, 0.717) is 27.8 Å². The van der Waals surface area contributed by atoms with Crippen LogP contribution in [0.1, 0.15) is 55.2 Å².